The fourth-order valence-corrected chi connectivity index (χ4v) is 4.17. The van der Waals surface area contributed by atoms with E-state index in [1.165, 1.54) is 23.3 Å². The van der Waals surface area contributed by atoms with Gasteiger partial charge in [-0.2, -0.15) is 0 Å². The zero-order chi connectivity index (χ0) is 23.7. The molecule has 6 nitrogen and oxygen atoms in total. The van der Waals surface area contributed by atoms with Crippen LogP contribution in [0.2, 0.25) is 0 Å². The van der Waals surface area contributed by atoms with Crippen molar-refractivity contribution in [3.63, 3.8) is 0 Å². The Morgan fingerprint density at radius 2 is 1.42 bits per heavy atom. The Morgan fingerprint density at radius 1 is 0.903 bits per heavy atom. The molecule has 7 heteroatoms. The van der Waals surface area contributed by atoms with Gasteiger partial charge in [0.05, 0.1) is 26.4 Å². The van der Waals surface area contributed by atoms with Crippen molar-refractivity contribution < 1.29 is 28.3 Å². The van der Waals surface area contributed by atoms with Crippen LogP contribution in [0.25, 0.3) is 0 Å². The Kier molecular flexibility index (Phi) is 16.0. The highest BCUT2D eigenvalue weighted by molar-refractivity contribution is 7.55. The number of carboxylic acid groups (broad SMARTS) is 1. The first-order chi connectivity index (χ1) is 14.7. The summed E-state index contributed by atoms with van der Waals surface area (Å²) in [6, 6.07) is 0. The van der Waals surface area contributed by atoms with E-state index in [1.54, 1.807) is 0 Å². The molecular weight excluding hydrogens is 415 g/mol. The lowest BCUT2D eigenvalue weighted by Gasteiger charge is -2.23. The average molecular weight is 455 g/mol. The van der Waals surface area contributed by atoms with Crippen LogP contribution in [0.4, 0.5) is 0 Å². The fourth-order valence-electron chi connectivity index (χ4n) is 2.55. The van der Waals surface area contributed by atoms with Crippen LogP contribution in [0.3, 0.4) is 0 Å². The van der Waals surface area contributed by atoms with Crippen molar-refractivity contribution >= 4 is 13.6 Å². The molecule has 1 unspecified atom stereocenters. The molecule has 176 valence electrons. The van der Waals surface area contributed by atoms with Gasteiger partial charge in [0.1, 0.15) is 0 Å². The molecule has 0 aromatic rings. The van der Waals surface area contributed by atoms with Crippen molar-refractivity contribution in [2.24, 2.45) is 0 Å². The molecule has 31 heavy (non-hydrogen) atoms. The fraction of sp³-hybridized carbons (Fsp3) is 0.542. The van der Waals surface area contributed by atoms with Crippen molar-refractivity contribution in [1.29, 1.82) is 0 Å². The molecule has 0 aromatic carbocycles. The van der Waals surface area contributed by atoms with Crippen LogP contribution in [0.5, 0.6) is 0 Å². The molecular formula is C24H39O6P. The van der Waals surface area contributed by atoms with Crippen molar-refractivity contribution in [1.82, 2.24) is 0 Å². The summed E-state index contributed by atoms with van der Waals surface area (Å²) in [6.07, 6.45) is 13.1. The third-order valence-corrected chi connectivity index (χ3v) is 6.51. The summed E-state index contributed by atoms with van der Waals surface area (Å²) in [7, 11) is -3.93. The average Bonchev–Trinajstić information content (AvgIpc) is 2.70. The number of ether oxygens (including phenoxy) is 1. The normalized spacial score (nSPS) is 13.5. The Labute approximate surface area is 187 Å². The van der Waals surface area contributed by atoms with Gasteiger partial charge in [-0.25, -0.2) is 0 Å². The zero-order valence-electron chi connectivity index (χ0n) is 19.5. The molecule has 0 aromatic heterocycles. The second-order valence-corrected chi connectivity index (χ2v) is 9.78. The highest BCUT2D eigenvalue weighted by Crippen LogP contribution is 2.53. The van der Waals surface area contributed by atoms with E-state index < -0.39 is 19.2 Å². The predicted octanol–water partition coefficient (Wildman–Crippen LogP) is 6.47. The third kappa shape index (κ3) is 14.1. The smallest absolute Gasteiger partial charge is 0.347 e. The summed E-state index contributed by atoms with van der Waals surface area (Å²) < 4.78 is 28.7. The summed E-state index contributed by atoms with van der Waals surface area (Å²) in [5, 5.41) is 9.49. The number of hydrogen-bond acceptors (Lipinski definition) is 5. The van der Waals surface area contributed by atoms with Crippen LogP contribution in [0.15, 0.2) is 60.3 Å². The van der Waals surface area contributed by atoms with Crippen LogP contribution in [0, 0.1) is 0 Å². The number of aliphatic carboxylic acids is 1. The molecule has 0 amide bonds. The maximum Gasteiger partial charge on any atom is 0.347 e. The van der Waals surface area contributed by atoms with Gasteiger partial charge in [-0.3, -0.25) is 9.36 Å². The maximum absolute atomic E-state index is 12.9. The summed E-state index contributed by atoms with van der Waals surface area (Å²) >= 11 is 0. The van der Waals surface area contributed by atoms with E-state index in [4.69, 9.17) is 13.8 Å². The van der Waals surface area contributed by atoms with Gasteiger partial charge in [0.25, 0.3) is 0 Å². The van der Waals surface area contributed by atoms with Crippen molar-refractivity contribution in [2.75, 3.05) is 26.4 Å². The van der Waals surface area contributed by atoms with Crippen molar-refractivity contribution in [2.45, 2.75) is 59.0 Å². The standard InChI is InChI=1S/C24H39O6P/c1-7-16-29-31(27,30-17-8-2)23(24(25)26)19-28-18-15-22(6)14-10-13-21(5)12-9-11-20(3)4/h7-8,11,13,15,23H,1-2,9-10,12,14,16-19H2,3-6H3,(H,25,26). The Bertz CT molecular complexity index is 685. The van der Waals surface area contributed by atoms with Crippen LogP contribution in [0.1, 0.15) is 53.4 Å². The van der Waals surface area contributed by atoms with Gasteiger partial charge >= 0.3 is 13.6 Å². The molecule has 0 rings (SSSR count). The highest BCUT2D eigenvalue weighted by atomic mass is 31.2. The van der Waals surface area contributed by atoms with E-state index in [1.807, 2.05) is 13.0 Å². The van der Waals surface area contributed by atoms with E-state index >= 15 is 0 Å². The minimum atomic E-state index is -3.93. The molecule has 0 saturated heterocycles. The monoisotopic (exact) mass is 454 g/mol. The Morgan fingerprint density at radius 3 is 1.90 bits per heavy atom. The van der Waals surface area contributed by atoms with Gasteiger partial charge in [0.2, 0.25) is 0 Å². The van der Waals surface area contributed by atoms with Crippen molar-refractivity contribution in [3.05, 3.63) is 60.3 Å². The first kappa shape index (κ1) is 29.3. The summed E-state index contributed by atoms with van der Waals surface area (Å²) in [4.78, 5) is 11.6. The Balaban J connectivity index is 4.64. The first-order valence-corrected chi connectivity index (χ1v) is 12.1. The topological polar surface area (TPSA) is 82.1 Å². The quantitative estimate of drug-likeness (QED) is 0.145. The lowest BCUT2D eigenvalue weighted by Crippen LogP contribution is -2.28. The van der Waals surface area contributed by atoms with Gasteiger partial charge < -0.3 is 18.9 Å². The zero-order valence-corrected chi connectivity index (χ0v) is 20.4. The molecule has 0 bridgehead atoms. The molecule has 0 aliphatic heterocycles. The van der Waals surface area contributed by atoms with Gasteiger partial charge in [-0.15, -0.1) is 13.2 Å². The van der Waals surface area contributed by atoms with Crippen LogP contribution < -0.4 is 0 Å². The third-order valence-electron chi connectivity index (χ3n) is 4.36. The second-order valence-electron chi connectivity index (χ2n) is 7.56. The number of allylic oxidation sites excluding steroid dienone is 5. The summed E-state index contributed by atoms with van der Waals surface area (Å²) in [5.41, 5.74) is 2.44. The Hall–Kier alpha value is -1.72. The van der Waals surface area contributed by atoms with E-state index in [2.05, 4.69) is 46.1 Å². The molecule has 0 heterocycles. The lowest BCUT2D eigenvalue weighted by molar-refractivity contribution is -0.138. The minimum absolute atomic E-state index is 0.0848. The first-order valence-electron chi connectivity index (χ1n) is 10.5. The van der Waals surface area contributed by atoms with Gasteiger partial charge in [-0.05, 0) is 53.4 Å². The molecule has 0 aliphatic carbocycles. The predicted molar refractivity (Wildman–Crippen MR) is 128 cm³/mol. The molecule has 1 N–H and O–H groups in total. The van der Waals surface area contributed by atoms with Crippen LogP contribution in [-0.2, 0) is 23.1 Å². The molecule has 0 saturated carbocycles. The van der Waals surface area contributed by atoms with E-state index in [-0.39, 0.29) is 26.4 Å². The SMILES string of the molecule is C=CCOP(=O)(OCC=C)C(COCC=C(C)CCC=C(C)CCC=C(C)C)C(=O)O. The van der Waals surface area contributed by atoms with Crippen LogP contribution in [-0.4, -0.2) is 43.2 Å². The molecule has 0 spiro atoms. The summed E-state index contributed by atoms with van der Waals surface area (Å²) in [6.45, 7) is 15.1. The molecule has 0 radical (unpaired) electrons. The number of rotatable bonds is 18. The molecule has 1 atom stereocenters. The highest BCUT2D eigenvalue weighted by Gasteiger charge is 2.41. The number of carbonyl (C=O) groups is 1. The molecule has 0 aliphatic rings. The van der Waals surface area contributed by atoms with Crippen molar-refractivity contribution in [3.8, 4) is 0 Å². The van der Waals surface area contributed by atoms with Gasteiger partial charge in [0, 0.05) is 0 Å². The van der Waals surface area contributed by atoms with Crippen LogP contribution >= 0.6 is 7.60 Å². The largest absolute Gasteiger partial charge is 0.480 e. The summed E-state index contributed by atoms with van der Waals surface area (Å²) in [5.74, 6) is -1.30. The van der Waals surface area contributed by atoms with E-state index in [9.17, 15) is 14.5 Å². The minimum Gasteiger partial charge on any atom is -0.480 e. The van der Waals surface area contributed by atoms with Gasteiger partial charge in [-0.1, -0.05) is 47.1 Å². The lowest BCUT2D eigenvalue weighted by atomic mass is 10.1. The molecule has 0 fully saturated rings. The second kappa shape index (κ2) is 16.9. The van der Waals surface area contributed by atoms with E-state index in [0.29, 0.717) is 0 Å². The van der Waals surface area contributed by atoms with Gasteiger partial charge in [0.15, 0.2) is 5.66 Å². The number of carboxylic acids is 1. The maximum atomic E-state index is 12.9. The van der Waals surface area contributed by atoms with E-state index in [0.717, 1.165) is 31.3 Å². The number of hydrogen-bond donors (Lipinski definition) is 1.